The highest BCUT2D eigenvalue weighted by molar-refractivity contribution is 5.86. The lowest BCUT2D eigenvalue weighted by Gasteiger charge is -2.23. The highest BCUT2D eigenvalue weighted by Crippen LogP contribution is 2.36. The van der Waals surface area contributed by atoms with Crippen molar-refractivity contribution in [1.82, 2.24) is 9.97 Å². The lowest BCUT2D eigenvalue weighted by atomic mass is 9.96. The Bertz CT molecular complexity index is 1120. The van der Waals surface area contributed by atoms with Gasteiger partial charge in [-0.15, -0.1) is 0 Å². The Morgan fingerprint density at radius 1 is 0.931 bits per heavy atom. The summed E-state index contributed by atoms with van der Waals surface area (Å²) < 4.78 is 0. The molecule has 0 unspecified atom stereocenters. The maximum atomic E-state index is 11.1. The maximum Gasteiger partial charge on any atom is 0.147 e. The van der Waals surface area contributed by atoms with Gasteiger partial charge in [0.25, 0.3) is 0 Å². The van der Waals surface area contributed by atoms with Gasteiger partial charge in [0.2, 0.25) is 0 Å². The van der Waals surface area contributed by atoms with Gasteiger partial charge in [-0.2, -0.15) is 0 Å². The molecule has 2 N–H and O–H groups in total. The van der Waals surface area contributed by atoms with E-state index in [2.05, 4.69) is 44.5 Å². The van der Waals surface area contributed by atoms with E-state index in [1.54, 1.807) is 6.20 Å². The third-order valence-corrected chi connectivity index (χ3v) is 5.02. The van der Waals surface area contributed by atoms with Crippen LogP contribution in [-0.4, -0.2) is 29.2 Å². The number of rotatable bonds is 5. The van der Waals surface area contributed by atoms with Crippen LogP contribution >= 0.6 is 0 Å². The fourth-order valence-electron chi connectivity index (χ4n) is 3.42. The van der Waals surface area contributed by atoms with Crippen molar-refractivity contribution >= 4 is 22.4 Å². The number of pyridine rings is 2. The highest BCUT2D eigenvalue weighted by atomic mass is 16.3. The minimum absolute atomic E-state index is 0.191. The van der Waals surface area contributed by atoms with Gasteiger partial charge < -0.3 is 15.3 Å². The fraction of sp³-hybridized carbons (Fsp3) is 0.167. The van der Waals surface area contributed by atoms with E-state index in [-0.39, 0.29) is 11.8 Å². The van der Waals surface area contributed by atoms with Crippen LogP contribution in [0.4, 0.5) is 11.5 Å². The zero-order chi connectivity index (χ0) is 20.4. The second kappa shape index (κ2) is 7.80. The Kier molecular flexibility index (Phi) is 5.04. The molecule has 4 rings (SSSR count). The zero-order valence-corrected chi connectivity index (χ0v) is 16.8. The Hall–Kier alpha value is -3.60. The molecule has 4 aromatic rings. The monoisotopic (exact) mass is 384 g/mol. The summed E-state index contributed by atoms with van der Waals surface area (Å²) >= 11 is 0. The van der Waals surface area contributed by atoms with Gasteiger partial charge in [-0.25, -0.2) is 9.97 Å². The van der Waals surface area contributed by atoms with Crippen molar-refractivity contribution in [2.45, 2.75) is 13.0 Å². The molecule has 0 aliphatic heterocycles. The molecular formula is C24H24N4O. The first-order valence-electron chi connectivity index (χ1n) is 9.57. The number of phenolic OH excluding ortho intramolecular Hbond substituents is 1. The largest absolute Gasteiger partial charge is 0.505 e. The van der Waals surface area contributed by atoms with Crippen LogP contribution in [0.2, 0.25) is 0 Å². The van der Waals surface area contributed by atoms with Gasteiger partial charge in [-0.05, 0) is 42.8 Å². The van der Waals surface area contributed by atoms with Crippen LogP contribution in [-0.2, 0) is 0 Å². The van der Waals surface area contributed by atoms with Gasteiger partial charge in [0, 0.05) is 42.6 Å². The highest BCUT2D eigenvalue weighted by Gasteiger charge is 2.20. The van der Waals surface area contributed by atoms with Gasteiger partial charge >= 0.3 is 0 Å². The van der Waals surface area contributed by atoms with Crippen molar-refractivity contribution in [2.75, 3.05) is 24.3 Å². The van der Waals surface area contributed by atoms with Crippen LogP contribution in [0, 0.1) is 6.92 Å². The van der Waals surface area contributed by atoms with Crippen molar-refractivity contribution in [1.29, 1.82) is 0 Å². The third kappa shape index (κ3) is 3.85. The van der Waals surface area contributed by atoms with Gasteiger partial charge in [-0.1, -0.05) is 36.4 Å². The topological polar surface area (TPSA) is 61.3 Å². The molecule has 0 amide bonds. The van der Waals surface area contributed by atoms with Crippen molar-refractivity contribution in [3.05, 3.63) is 89.7 Å². The molecule has 0 bridgehead atoms. The summed E-state index contributed by atoms with van der Waals surface area (Å²) in [5, 5.41) is 15.5. The molecule has 146 valence electrons. The van der Waals surface area contributed by atoms with E-state index in [9.17, 15) is 5.11 Å². The SMILES string of the molecule is Cc1ccc2ccc([C@H](Nc3ccccn3)c3ccc(N(C)C)cc3)c(O)c2n1. The summed E-state index contributed by atoms with van der Waals surface area (Å²) in [7, 11) is 4.03. The van der Waals surface area contributed by atoms with E-state index < -0.39 is 0 Å². The van der Waals surface area contributed by atoms with Gasteiger partial charge in [0.15, 0.2) is 0 Å². The van der Waals surface area contributed by atoms with Crippen LogP contribution in [0.5, 0.6) is 5.75 Å². The Labute approximate surface area is 170 Å². The summed E-state index contributed by atoms with van der Waals surface area (Å²) in [6, 6.07) is 21.6. The van der Waals surface area contributed by atoms with E-state index in [4.69, 9.17) is 0 Å². The van der Waals surface area contributed by atoms with Crippen LogP contribution in [0.1, 0.15) is 22.9 Å². The minimum Gasteiger partial charge on any atom is -0.505 e. The van der Waals surface area contributed by atoms with Crippen molar-refractivity contribution in [3.8, 4) is 5.75 Å². The van der Waals surface area contributed by atoms with E-state index in [0.717, 1.165) is 33.7 Å². The molecule has 0 saturated heterocycles. The number of fused-ring (bicyclic) bond motifs is 1. The minimum atomic E-state index is -0.271. The predicted octanol–water partition coefficient (Wildman–Crippen LogP) is 4.91. The number of hydrogen-bond acceptors (Lipinski definition) is 5. The number of aromatic hydroxyl groups is 1. The number of aryl methyl sites for hydroxylation is 1. The number of benzene rings is 2. The van der Waals surface area contributed by atoms with Crippen LogP contribution in [0.25, 0.3) is 10.9 Å². The molecule has 0 aliphatic carbocycles. The average molecular weight is 384 g/mol. The summed E-state index contributed by atoms with van der Waals surface area (Å²) in [6.45, 7) is 1.93. The number of anilines is 2. The molecular weight excluding hydrogens is 360 g/mol. The van der Waals surface area contributed by atoms with Crippen LogP contribution < -0.4 is 10.2 Å². The number of nitrogens with one attached hydrogen (secondary N) is 1. The number of aromatic nitrogens is 2. The molecule has 0 saturated carbocycles. The second-order valence-corrected chi connectivity index (χ2v) is 7.31. The fourth-order valence-corrected chi connectivity index (χ4v) is 3.42. The molecule has 0 aliphatic rings. The summed E-state index contributed by atoms with van der Waals surface area (Å²) in [5.41, 5.74) is 4.39. The maximum absolute atomic E-state index is 11.1. The quantitative estimate of drug-likeness (QED) is 0.512. The molecule has 2 aromatic heterocycles. The molecule has 5 nitrogen and oxygen atoms in total. The molecule has 0 radical (unpaired) electrons. The van der Waals surface area contributed by atoms with Crippen molar-refractivity contribution in [3.63, 3.8) is 0 Å². The summed E-state index contributed by atoms with van der Waals surface area (Å²) in [4.78, 5) is 11.0. The van der Waals surface area contributed by atoms with Gasteiger partial charge in [0.05, 0.1) is 6.04 Å². The first-order chi connectivity index (χ1) is 14.0. The molecule has 0 spiro atoms. The van der Waals surface area contributed by atoms with Crippen LogP contribution in [0.15, 0.2) is 72.9 Å². The first kappa shape index (κ1) is 18.7. The van der Waals surface area contributed by atoms with E-state index in [0.29, 0.717) is 5.52 Å². The van der Waals surface area contributed by atoms with Gasteiger partial charge in [-0.3, -0.25) is 0 Å². The average Bonchev–Trinajstić information content (AvgIpc) is 2.74. The van der Waals surface area contributed by atoms with E-state index in [1.807, 2.05) is 63.5 Å². The molecule has 2 aromatic carbocycles. The first-order valence-corrected chi connectivity index (χ1v) is 9.57. The van der Waals surface area contributed by atoms with E-state index in [1.165, 1.54) is 0 Å². The molecule has 1 atom stereocenters. The molecule has 2 heterocycles. The number of nitrogens with zero attached hydrogens (tertiary/aromatic N) is 3. The Morgan fingerprint density at radius 3 is 2.38 bits per heavy atom. The van der Waals surface area contributed by atoms with E-state index >= 15 is 0 Å². The molecule has 5 heteroatoms. The number of phenols is 1. The Morgan fingerprint density at radius 2 is 1.69 bits per heavy atom. The molecule has 0 fully saturated rings. The lowest BCUT2D eigenvalue weighted by Crippen LogP contribution is -2.14. The Balaban J connectivity index is 1.83. The molecule has 29 heavy (non-hydrogen) atoms. The third-order valence-electron chi connectivity index (χ3n) is 5.02. The summed E-state index contributed by atoms with van der Waals surface area (Å²) in [6.07, 6.45) is 1.75. The number of hydrogen-bond donors (Lipinski definition) is 2. The lowest BCUT2D eigenvalue weighted by molar-refractivity contribution is 0.471. The second-order valence-electron chi connectivity index (χ2n) is 7.31. The van der Waals surface area contributed by atoms with Crippen LogP contribution in [0.3, 0.4) is 0 Å². The van der Waals surface area contributed by atoms with Crippen molar-refractivity contribution < 1.29 is 5.11 Å². The van der Waals surface area contributed by atoms with Crippen molar-refractivity contribution in [2.24, 2.45) is 0 Å². The smallest absolute Gasteiger partial charge is 0.147 e. The predicted molar refractivity (Wildman–Crippen MR) is 119 cm³/mol. The zero-order valence-electron chi connectivity index (χ0n) is 16.8. The normalized spacial score (nSPS) is 12.0. The standard InChI is InChI=1S/C24H24N4O/c1-16-7-8-18-11-14-20(24(29)23(18)26-16)22(27-21-6-4-5-15-25-21)17-9-12-19(13-10-17)28(2)3/h4-15,22,29H,1-3H3,(H,25,27)/t22-/m1/s1. The summed E-state index contributed by atoms with van der Waals surface area (Å²) in [5.74, 6) is 0.933. The van der Waals surface area contributed by atoms with Gasteiger partial charge in [0.1, 0.15) is 17.1 Å².